The molecule has 2 rings (SSSR count). The number of rotatable bonds is 1. The monoisotopic (exact) mass is 263 g/mol. The van der Waals surface area contributed by atoms with E-state index in [0.717, 1.165) is 12.3 Å². The number of H-pyrrole nitrogens is 1. The molecule has 0 spiro atoms. The van der Waals surface area contributed by atoms with Crippen LogP contribution < -0.4 is 10.2 Å². The first-order chi connectivity index (χ1) is 7.88. The van der Waals surface area contributed by atoms with Gasteiger partial charge in [-0.2, -0.15) is 0 Å². The molecule has 0 aliphatic carbocycles. The van der Waals surface area contributed by atoms with E-state index in [1.54, 1.807) is 0 Å². The lowest BCUT2D eigenvalue weighted by atomic mass is 10.2. The number of hydrogen-bond acceptors (Lipinski definition) is 2. The van der Waals surface area contributed by atoms with Crippen molar-refractivity contribution in [3.63, 3.8) is 0 Å². The van der Waals surface area contributed by atoms with Gasteiger partial charge in [0.05, 0.1) is 10.9 Å². The Balaban J connectivity index is 2.67. The maximum Gasteiger partial charge on any atom is 0.573 e. The molecular weight excluding hydrogens is 259 g/mol. The van der Waals surface area contributed by atoms with Crippen LogP contribution in [0.2, 0.25) is 5.02 Å². The number of hydrogen-bond donors (Lipinski definition) is 1. The van der Waals surface area contributed by atoms with E-state index in [1.807, 2.05) is 0 Å². The van der Waals surface area contributed by atoms with Crippen LogP contribution in [0.15, 0.2) is 29.2 Å². The molecule has 0 bridgehead atoms. The highest BCUT2D eigenvalue weighted by Gasteiger charge is 2.32. The number of pyridine rings is 1. The molecule has 0 fully saturated rings. The molecule has 0 aliphatic rings. The average molecular weight is 264 g/mol. The number of para-hydroxylation sites is 1. The quantitative estimate of drug-likeness (QED) is 0.859. The summed E-state index contributed by atoms with van der Waals surface area (Å²) in [7, 11) is 0. The second kappa shape index (κ2) is 3.96. The summed E-state index contributed by atoms with van der Waals surface area (Å²) < 4.78 is 40.1. The van der Waals surface area contributed by atoms with Crippen LogP contribution >= 0.6 is 11.6 Å². The molecule has 0 unspecified atom stereocenters. The SMILES string of the molecule is O=c1c(Cl)c[nH]c2c(OC(F)(F)F)cccc12. The highest BCUT2D eigenvalue weighted by molar-refractivity contribution is 6.31. The number of fused-ring (bicyclic) bond motifs is 1. The molecule has 1 aromatic carbocycles. The first-order valence-electron chi connectivity index (χ1n) is 4.44. The van der Waals surface area contributed by atoms with Gasteiger partial charge in [-0.1, -0.05) is 17.7 Å². The Kier molecular flexibility index (Phi) is 2.74. The third-order valence-corrected chi connectivity index (χ3v) is 2.34. The lowest BCUT2D eigenvalue weighted by Gasteiger charge is -2.10. The summed E-state index contributed by atoms with van der Waals surface area (Å²) in [5, 5.41) is -0.0547. The van der Waals surface area contributed by atoms with Gasteiger partial charge >= 0.3 is 6.36 Å². The van der Waals surface area contributed by atoms with Crippen LogP contribution in [0.25, 0.3) is 10.9 Å². The summed E-state index contributed by atoms with van der Waals surface area (Å²) in [5.74, 6) is -0.469. The third kappa shape index (κ3) is 2.36. The Morgan fingerprint density at radius 1 is 1.29 bits per heavy atom. The summed E-state index contributed by atoms with van der Waals surface area (Å²) in [6, 6.07) is 3.76. The number of ether oxygens (including phenoxy) is 1. The van der Waals surface area contributed by atoms with Crippen LogP contribution in [-0.2, 0) is 0 Å². The van der Waals surface area contributed by atoms with Gasteiger partial charge in [-0.15, -0.1) is 13.2 Å². The number of aromatic nitrogens is 1. The zero-order valence-electron chi connectivity index (χ0n) is 8.14. The Morgan fingerprint density at radius 3 is 2.65 bits per heavy atom. The highest BCUT2D eigenvalue weighted by atomic mass is 35.5. The smallest absolute Gasteiger partial charge is 0.404 e. The summed E-state index contributed by atoms with van der Waals surface area (Å²) in [6.45, 7) is 0. The van der Waals surface area contributed by atoms with Crippen molar-refractivity contribution in [2.24, 2.45) is 0 Å². The normalized spacial score (nSPS) is 11.8. The van der Waals surface area contributed by atoms with Crippen molar-refractivity contribution in [2.45, 2.75) is 6.36 Å². The molecule has 0 aliphatic heterocycles. The fourth-order valence-electron chi connectivity index (χ4n) is 1.41. The average Bonchev–Trinajstić information content (AvgIpc) is 2.22. The molecule has 1 aromatic heterocycles. The Bertz CT molecular complexity index is 621. The van der Waals surface area contributed by atoms with Crippen molar-refractivity contribution >= 4 is 22.5 Å². The number of nitrogens with one attached hydrogen (secondary N) is 1. The number of aromatic amines is 1. The van der Waals surface area contributed by atoms with Gasteiger partial charge in [-0.05, 0) is 12.1 Å². The Hall–Kier alpha value is -1.69. The Morgan fingerprint density at radius 2 is 2.00 bits per heavy atom. The zero-order chi connectivity index (χ0) is 12.6. The van der Waals surface area contributed by atoms with Crippen LogP contribution in [0.1, 0.15) is 0 Å². The molecule has 7 heteroatoms. The van der Waals surface area contributed by atoms with E-state index in [4.69, 9.17) is 11.6 Å². The van der Waals surface area contributed by atoms with Crippen LogP contribution in [0, 0.1) is 0 Å². The van der Waals surface area contributed by atoms with Gasteiger partial charge in [-0.3, -0.25) is 4.79 Å². The Labute approximate surface area is 97.8 Å². The lowest BCUT2D eigenvalue weighted by molar-refractivity contribution is -0.274. The van der Waals surface area contributed by atoms with E-state index in [1.165, 1.54) is 12.1 Å². The number of alkyl halides is 3. The second-order valence-corrected chi connectivity index (χ2v) is 3.60. The minimum atomic E-state index is -4.81. The fourth-order valence-corrected chi connectivity index (χ4v) is 1.57. The van der Waals surface area contributed by atoms with E-state index in [0.29, 0.717) is 0 Å². The molecule has 90 valence electrons. The molecule has 0 saturated carbocycles. The van der Waals surface area contributed by atoms with Crippen molar-refractivity contribution in [1.82, 2.24) is 4.98 Å². The predicted octanol–water partition coefficient (Wildman–Crippen LogP) is 3.08. The summed E-state index contributed by atoms with van der Waals surface area (Å²) in [6.07, 6.45) is -3.69. The molecule has 2 aromatic rings. The zero-order valence-corrected chi connectivity index (χ0v) is 8.89. The van der Waals surface area contributed by atoms with Crippen LogP contribution in [0.4, 0.5) is 13.2 Å². The third-order valence-electron chi connectivity index (χ3n) is 2.06. The largest absolute Gasteiger partial charge is 0.573 e. The van der Waals surface area contributed by atoms with Crippen LogP contribution in [0.5, 0.6) is 5.75 Å². The topological polar surface area (TPSA) is 42.1 Å². The van der Waals surface area contributed by atoms with E-state index in [2.05, 4.69) is 9.72 Å². The number of halogens is 4. The minimum absolute atomic E-state index is 0.0410. The molecule has 17 heavy (non-hydrogen) atoms. The maximum atomic E-state index is 12.1. The van der Waals surface area contributed by atoms with E-state index < -0.39 is 17.5 Å². The molecular formula is C10H5ClF3NO2. The van der Waals surface area contributed by atoms with Crippen LogP contribution in [0.3, 0.4) is 0 Å². The van der Waals surface area contributed by atoms with Gasteiger partial charge in [0.25, 0.3) is 0 Å². The van der Waals surface area contributed by atoms with Gasteiger partial charge in [0.2, 0.25) is 5.43 Å². The summed E-state index contributed by atoms with van der Waals surface area (Å²) >= 11 is 5.57. The molecule has 0 radical (unpaired) electrons. The van der Waals surface area contributed by atoms with E-state index >= 15 is 0 Å². The van der Waals surface area contributed by atoms with Crippen molar-refractivity contribution in [3.05, 3.63) is 39.6 Å². The molecule has 1 N–H and O–H groups in total. The van der Waals surface area contributed by atoms with Crippen molar-refractivity contribution in [2.75, 3.05) is 0 Å². The predicted molar refractivity (Wildman–Crippen MR) is 56.3 cm³/mol. The number of benzene rings is 1. The first-order valence-corrected chi connectivity index (χ1v) is 4.82. The summed E-state index contributed by atoms with van der Waals surface area (Å²) in [4.78, 5) is 14.1. The van der Waals surface area contributed by atoms with Gasteiger partial charge < -0.3 is 9.72 Å². The second-order valence-electron chi connectivity index (χ2n) is 3.19. The summed E-state index contributed by atoms with van der Waals surface area (Å²) in [5.41, 5.74) is -0.590. The van der Waals surface area contributed by atoms with Crippen molar-refractivity contribution < 1.29 is 17.9 Å². The lowest BCUT2D eigenvalue weighted by Crippen LogP contribution is -2.18. The first kappa shape index (κ1) is 11.8. The van der Waals surface area contributed by atoms with Gasteiger partial charge in [0.15, 0.2) is 5.75 Å². The van der Waals surface area contributed by atoms with Crippen molar-refractivity contribution in [3.8, 4) is 5.75 Å². The maximum absolute atomic E-state index is 12.1. The minimum Gasteiger partial charge on any atom is -0.404 e. The highest BCUT2D eigenvalue weighted by Crippen LogP contribution is 2.28. The van der Waals surface area contributed by atoms with Gasteiger partial charge in [-0.25, -0.2) is 0 Å². The van der Waals surface area contributed by atoms with Crippen LogP contribution in [-0.4, -0.2) is 11.3 Å². The molecule has 0 amide bonds. The van der Waals surface area contributed by atoms with Crippen molar-refractivity contribution in [1.29, 1.82) is 0 Å². The fraction of sp³-hybridized carbons (Fsp3) is 0.100. The van der Waals surface area contributed by atoms with Gasteiger partial charge in [0.1, 0.15) is 5.02 Å². The standard InChI is InChI=1S/C10H5ClF3NO2/c11-6-4-15-8-5(9(6)16)2-1-3-7(8)17-10(12,13)14/h1-4H,(H,15,16). The molecule has 0 saturated heterocycles. The molecule has 0 atom stereocenters. The molecule has 3 nitrogen and oxygen atoms in total. The van der Waals surface area contributed by atoms with E-state index in [-0.39, 0.29) is 15.9 Å². The van der Waals surface area contributed by atoms with Gasteiger partial charge in [0, 0.05) is 6.20 Å². The van der Waals surface area contributed by atoms with E-state index in [9.17, 15) is 18.0 Å². The molecule has 1 heterocycles.